The van der Waals surface area contributed by atoms with Crippen LogP contribution < -0.4 is 14.8 Å². The molecule has 3 aromatic carbocycles. The van der Waals surface area contributed by atoms with Gasteiger partial charge in [-0.25, -0.2) is 8.42 Å². The van der Waals surface area contributed by atoms with Crippen LogP contribution in [-0.4, -0.2) is 36.6 Å². The van der Waals surface area contributed by atoms with Crippen LogP contribution in [0, 0.1) is 0 Å². The number of nitrogens with zero attached hydrogens (tertiary/aromatic N) is 2. The molecular weight excluding hydrogens is 430 g/mol. The van der Waals surface area contributed by atoms with E-state index in [4.69, 9.17) is 4.74 Å². The Morgan fingerprint density at radius 1 is 0.969 bits per heavy atom. The average molecular weight is 449 g/mol. The second kappa shape index (κ2) is 8.90. The van der Waals surface area contributed by atoms with Gasteiger partial charge in [-0.05, 0) is 42.5 Å². The first-order valence-electron chi connectivity index (χ1n) is 9.51. The van der Waals surface area contributed by atoms with Crippen molar-refractivity contribution in [3.05, 3.63) is 84.4 Å². The number of carbonyl (C=O) groups excluding carboxylic acids is 1. The molecule has 0 saturated carbocycles. The first-order chi connectivity index (χ1) is 15.5. The molecular formula is C22H19N5O4S. The number of rotatable bonds is 7. The van der Waals surface area contributed by atoms with Gasteiger partial charge in [0.2, 0.25) is 5.95 Å². The number of ether oxygens (including phenoxy) is 1. The molecule has 1 heterocycles. The van der Waals surface area contributed by atoms with Gasteiger partial charge in [-0.1, -0.05) is 36.4 Å². The van der Waals surface area contributed by atoms with Crippen LogP contribution in [0.3, 0.4) is 0 Å². The number of nitrogens with one attached hydrogen (secondary N) is 3. The maximum atomic E-state index is 12.7. The van der Waals surface area contributed by atoms with Crippen LogP contribution in [0.25, 0.3) is 11.4 Å². The number of hydrogen-bond acceptors (Lipinski definition) is 6. The normalized spacial score (nSPS) is 11.0. The van der Waals surface area contributed by atoms with E-state index in [0.717, 1.165) is 0 Å². The molecule has 4 aromatic rings. The average Bonchev–Trinajstić information content (AvgIpc) is 3.27. The van der Waals surface area contributed by atoms with Gasteiger partial charge in [0, 0.05) is 11.3 Å². The van der Waals surface area contributed by atoms with Gasteiger partial charge in [0.15, 0.2) is 5.82 Å². The van der Waals surface area contributed by atoms with E-state index in [1.807, 2.05) is 18.2 Å². The van der Waals surface area contributed by atoms with E-state index < -0.39 is 15.9 Å². The molecule has 0 aliphatic heterocycles. The summed E-state index contributed by atoms with van der Waals surface area (Å²) in [7, 11) is -2.22. The molecule has 10 heteroatoms. The maximum Gasteiger partial charge on any atom is 0.261 e. The third-order valence-corrected chi connectivity index (χ3v) is 5.90. The Balaban J connectivity index is 1.50. The number of para-hydroxylation sites is 1. The number of amides is 1. The lowest BCUT2D eigenvalue weighted by molar-refractivity contribution is 0.102. The Bertz CT molecular complexity index is 1350. The molecule has 0 atom stereocenters. The Hall–Kier alpha value is -4.18. The van der Waals surface area contributed by atoms with Crippen molar-refractivity contribution in [3.8, 4) is 17.1 Å². The van der Waals surface area contributed by atoms with Crippen molar-refractivity contribution in [2.75, 3.05) is 17.1 Å². The number of methoxy groups -OCH3 is 1. The molecule has 0 radical (unpaired) electrons. The minimum atomic E-state index is -3.77. The Kier molecular flexibility index (Phi) is 5.86. The van der Waals surface area contributed by atoms with Gasteiger partial charge < -0.3 is 4.74 Å². The molecule has 4 rings (SSSR count). The molecule has 32 heavy (non-hydrogen) atoms. The third kappa shape index (κ3) is 4.60. The summed E-state index contributed by atoms with van der Waals surface area (Å²) in [4.78, 5) is 17.1. The third-order valence-electron chi connectivity index (χ3n) is 4.50. The van der Waals surface area contributed by atoms with Crippen LogP contribution >= 0.6 is 0 Å². The summed E-state index contributed by atoms with van der Waals surface area (Å²) in [5, 5.41) is 9.38. The first kappa shape index (κ1) is 21.1. The fourth-order valence-electron chi connectivity index (χ4n) is 2.99. The summed E-state index contributed by atoms with van der Waals surface area (Å²) < 4.78 is 32.8. The summed E-state index contributed by atoms with van der Waals surface area (Å²) >= 11 is 0. The first-order valence-corrected chi connectivity index (χ1v) is 11.0. The Morgan fingerprint density at radius 3 is 2.50 bits per heavy atom. The minimum Gasteiger partial charge on any atom is -0.496 e. The summed E-state index contributed by atoms with van der Waals surface area (Å²) in [6, 6.07) is 21.4. The molecule has 1 amide bonds. The smallest absolute Gasteiger partial charge is 0.261 e. The van der Waals surface area contributed by atoms with E-state index in [0.29, 0.717) is 17.1 Å². The lowest BCUT2D eigenvalue weighted by Gasteiger charge is -2.09. The van der Waals surface area contributed by atoms with Crippen molar-refractivity contribution in [1.82, 2.24) is 15.2 Å². The number of aromatic amines is 1. The second-order valence-electron chi connectivity index (χ2n) is 6.66. The molecule has 0 spiro atoms. The highest BCUT2D eigenvalue weighted by Crippen LogP contribution is 2.27. The van der Waals surface area contributed by atoms with Gasteiger partial charge in [0.1, 0.15) is 5.75 Å². The summed E-state index contributed by atoms with van der Waals surface area (Å²) in [6.45, 7) is 0. The van der Waals surface area contributed by atoms with E-state index in [-0.39, 0.29) is 22.1 Å². The lowest BCUT2D eigenvalue weighted by Crippen LogP contribution is -2.15. The van der Waals surface area contributed by atoms with Crippen molar-refractivity contribution >= 4 is 27.6 Å². The zero-order valence-electron chi connectivity index (χ0n) is 16.9. The number of benzene rings is 3. The van der Waals surface area contributed by atoms with E-state index in [2.05, 4.69) is 25.2 Å². The second-order valence-corrected chi connectivity index (χ2v) is 8.34. The number of carbonyl (C=O) groups is 1. The predicted octanol–water partition coefficient (Wildman–Crippen LogP) is 3.53. The van der Waals surface area contributed by atoms with Gasteiger partial charge in [-0.15, -0.1) is 5.10 Å². The highest BCUT2D eigenvalue weighted by molar-refractivity contribution is 7.92. The Labute approximate surface area is 184 Å². The lowest BCUT2D eigenvalue weighted by atomic mass is 10.2. The van der Waals surface area contributed by atoms with Crippen molar-refractivity contribution in [1.29, 1.82) is 0 Å². The molecule has 0 unspecified atom stereocenters. The molecule has 162 valence electrons. The number of sulfonamides is 1. The Morgan fingerprint density at radius 2 is 1.72 bits per heavy atom. The topological polar surface area (TPSA) is 126 Å². The standard InChI is InChI=1S/C22H19N5O4S/c1-31-19-13-6-5-12-18(19)20-23-22(26-25-20)24-21(28)15-8-7-9-16(14-15)27-32(29,30)17-10-3-2-4-11-17/h2-14,27H,1H3,(H2,23,24,25,26,28). The van der Waals surface area contributed by atoms with Crippen LogP contribution in [0.2, 0.25) is 0 Å². The fraction of sp³-hybridized carbons (Fsp3) is 0.0455. The fourth-order valence-corrected chi connectivity index (χ4v) is 4.06. The number of anilines is 2. The molecule has 0 fully saturated rings. The van der Waals surface area contributed by atoms with Crippen LogP contribution in [0.4, 0.5) is 11.6 Å². The van der Waals surface area contributed by atoms with E-state index >= 15 is 0 Å². The highest BCUT2D eigenvalue weighted by Gasteiger charge is 2.16. The molecule has 9 nitrogen and oxygen atoms in total. The van der Waals surface area contributed by atoms with Gasteiger partial charge in [0.05, 0.1) is 17.6 Å². The molecule has 3 N–H and O–H groups in total. The minimum absolute atomic E-state index is 0.0752. The maximum absolute atomic E-state index is 12.7. The van der Waals surface area contributed by atoms with Gasteiger partial charge in [-0.2, -0.15) is 4.98 Å². The molecule has 1 aromatic heterocycles. The SMILES string of the molecule is COc1ccccc1-c1nc(NC(=O)c2cccc(NS(=O)(=O)c3ccccc3)c2)n[nH]1. The van der Waals surface area contributed by atoms with Crippen LogP contribution in [0.5, 0.6) is 5.75 Å². The summed E-state index contributed by atoms with van der Waals surface area (Å²) in [5.41, 5.74) is 1.19. The van der Waals surface area contributed by atoms with E-state index in [1.54, 1.807) is 49.6 Å². The van der Waals surface area contributed by atoms with Crippen molar-refractivity contribution < 1.29 is 17.9 Å². The van der Waals surface area contributed by atoms with Crippen LogP contribution in [0.15, 0.2) is 83.8 Å². The summed E-state index contributed by atoms with van der Waals surface area (Å²) in [6.07, 6.45) is 0. The van der Waals surface area contributed by atoms with Gasteiger partial charge >= 0.3 is 0 Å². The number of aromatic nitrogens is 3. The quantitative estimate of drug-likeness (QED) is 0.396. The van der Waals surface area contributed by atoms with Crippen LogP contribution in [0.1, 0.15) is 10.4 Å². The molecule has 0 aliphatic carbocycles. The largest absolute Gasteiger partial charge is 0.496 e. The van der Waals surface area contributed by atoms with Crippen molar-refractivity contribution in [2.45, 2.75) is 4.90 Å². The zero-order valence-corrected chi connectivity index (χ0v) is 17.8. The predicted molar refractivity (Wildman–Crippen MR) is 120 cm³/mol. The van der Waals surface area contributed by atoms with E-state index in [1.165, 1.54) is 18.2 Å². The molecule has 0 saturated heterocycles. The van der Waals surface area contributed by atoms with E-state index in [9.17, 15) is 13.2 Å². The highest BCUT2D eigenvalue weighted by atomic mass is 32.2. The molecule has 0 aliphatic rings. The van der Waals surface area contributed by atoms with Gasteiger partial charge in [-0.3, -0.25) is 19.9 Å². The number of H-pyrrole nitrogens is 1. The van der Waals surface area contributed by atoms with Crippen molar-refractivity contribution in [2.24, 2.45) is 0 Å². The zero-order chi connectivity index (χ0) is 22.6. The van der Waals surface area contributed by atoms with Crippen molar-refractivity contribution in [3.63, 3.8) is 0 Å². The monoisotopic (exact) mass is 449 g/mol. The molecule has 0 bridgehead atoms. The van der Waals surface area contributed by atoms with Gasteiger partial charge in [0.25, 0.3) is 15.9 Å². The van der Waals surface area contributed by atoms with Crippen LogP contribution in [-0.2, 0) is 10.0 Å². The summed E-state index contributed by atoms with van der Waals surface area (Å²) in [5.74, 6) is 0.629. The number of hydrogen-bond donors (Lipinski definition) is 3.